The third-order valence-corrected chi connectivity index (χ3v) is 5.66. The molecule has 3 heterocycles. The van der Waals surface area contributed by atoms with Gasteiger partial charge in [0.1, 0.15) is 6.33 Å². The number of carbonyl (C=O) groups excluding carboxylic acids is 1. The van der Waals surface area contributed by atoms with Crippen LogP contribution >= 0.6 is 0 Å². The summed E-state index contributed by atoms with van der Waals surface area (Å²) in [6, 6.07) is 5.65. The number of nitrogens with zero attached hydrogens (tertiary/aromatic N) is 4. The van der Waals surface area contributed by atoms with E-state index in [1.807, 2.05) is 18.3 Å². The molecule has 30 heavy (non-hydrogen) atoms. The third kappa shape index (κ3) is 4.23. The number of H-pyrrole nitrogens is 1. The fourth-order valence-corrected chi connectivity index (χ4v) is 4.00. The molecular weight excluding hydrogens is 382 g/mol. The van der Waals surface area contributed by atoms with Crippen LogP contribution < -0.4 is 9.64 Å². The number of hydrogen-bond acceptors (Lipinski definition) is 7. The Morgan fingerprint density at radius 2 is 2.03 bits per heavy atom. The summed E-state index contributed by atoms with van der Waals surface area (Å²) in [5, 5.41) is 1.10. The van der Waals surface area contributed by atoms with Crippen LogP contribution in [-0.4, -0.2) is 72.8 Å². The highest BCUT2D eigenvalue weighted by Gasteiger charge is 2.20. The maximum atomic E-state index is 11.8. The second-order valence-corrected chi connectivity index (χ2v) is 7.41. The molecule has 1 fully saturated rings. The van der Waals surface area contributed by atoms with Gasteiger partial charge >= 0.3 is 5.97 Å². The molecule has 3 aromatic rings. The van der Waals surface area contributed by atoms with E-state index in [9.17, 15) is 4.79 Å². The molecule has 1 N–H and O–H groups in total. The maximum Gasteiger partial charge on any atom is 0.337 e. The van der Waals surface area contributed by atoms with Gasteiger partial charge in [0.25, 0.3) is 0 Å². The first kappa shape index (κ1) is 20.2. The van der Waals surface area contributed by atoms with E-state index in [1.54, 1.807) is 25.7 Å². The smallest absolute Gasteiger partial charge is 0.337 e. The van der Waals surface area contributed by atoms with E-state index >= 15 is 0 Å². The van der Waals surface area contributed by atoms with Gasteiger partial charge in [-0.2, -0.15) is 0 Å². The van der Waals surface area contributed by atoms with Crippen molar-refractivity contribution in [2.24, 2.45) is 0 Å². The van der Waals surface area contributed by atoms with Crippen LogP contribution in [0.2, 0.25) is 0 Å². The number of aryl methyl sites for hydroxylation is 1. The van der Waals surface area contributed by atoms with Gasteiger partial charge < -0.3 is 19.4 Å². The Labute approximate surface area is 175 Å². The van der Waals surface area contributed by atoms with Crippen LogP contribution in [0.15, 0.2) is 36.9 Å². The number of piperazine rings is 1. The van der Waals surface area contributed by atoms with Crippen molar-refractivity contribution in [2.45, 2.75) is 12.8 Å². The number of benzene rings is 1. The number of hydrogen-bond donors (Lipinski definition) is 1. The fraction of sp³-hybridized carbons (Fsp3) is 0.409. The Balaban J connectivity index is 1.31. The molecule has 158 valence electrons. The van der Waals surface area contributed by atoms with Crippen molar-refractivity contribution >= 4 is 22.7 Å². The van der Waals surface area contributed by atoms with Gasteiger partial charge in [0.15, 0.2) is 11.6 Å². The second-order valence-electron chi connectivity index (χ2n) is 7.41. The van der Waals surface area contributed by atoms with Gasteiger partial charge in [0.05, 0.1) is 26.0 Å². The molecule has 0 bridgehead atoms. The normalized spacial score (nSPS) is 14.8. The van der Waals surface area contributed by atoms with Crippen LogP contribution in [0.5, 0.6) is 5.75 Å². The van der Waals surface area contributed by atoms with E-state index in [4.69, 9.17) is 9.47 Å². The van der Waals surface area contributed by atoms with Crippen LogP contribution in [0, 0.1) is 0 Å². The van der Waals surface area contributed by atoms with Crippen molar-refractivity contribution in [2.75, 3.05) is 51.8 Å². The van der Waals surface area contributed by atoms with E-state index < -0.39 is 0 Å². The summed E-state index contributed by atoms with van der Waals surface area (Å²) in [4.78, 5) is 28.3. The number of nitrogens with one attached hydrogen (secondary N) is 1. The Hall–Kier alpha value is -3.13. The average Bonchev–Trinajstić information content (AvgIpc) is 3.21. The molecule has 0 saturated carbocycles. The Kier molecular flexibility index (Phi) is 6.13. The first-order chi connectivity index (χ1) is 14.7. The number of anilines is 1. The minimum atomic E-state index is -0.303. The van der Waals surface area contributed by atoms with Gasteiger partial charge in [-0.15, -0.1) is 0 Å². The number of aromatic nitrogens is 3. The average molecular weight is 409 g/mol. The predicted octanol–water partition coefficient (Wildman–Crippen LogP) is 2.51. The summed E-state index contributed by atoms with van der Waals surface area (Å²) in [5.74, 6) is 1.28. The third-order valence-electron chi connectivity index (χ3n) is 5.66. The standard InChI is InChI=1S/C22H27N5O3/c1-29-20-14-23-15-25-21(20)27-10-8-26(9-11-27)7-3-4-17-13-24-19-6-5-16(12-18(17)19)22(28)30-2/h5-6,12-15,24H,3-4,7-11H2,1-2H3. The number of carbonyl (C=O) groups is 1. The van der Waals surface area contributed by atoms with E-state index in [-0.39, 0.29) is 5.97 Å². The van der Waals surface area contributed by atoms with E-state index in [2.05, 4.69) is 24.8 Å². The lowest BCUT2D eigenvalue weighted by molar-refractivity contribution is 0.0601. The summed E-state index contributed by atoms with van der Waals surface area (Å²) in [7, 11) is 3.06. The Morgan fingerprint density at radius 3 is 2.80 bits per heavy atom. The molecule has 8 nitrogen and oxygen atoms in total. The molecule has 1 aliphatic rings. The van der Waals surface area contributed by atoms with Gasteiger partial charge in [0, 0.05) is 43.3 Å². The zero-order valence-electron chi connectivity index (χ0n) is 17.4. The molecule has 0 atom stereocenters. The highest BCUT2D eigenvalue weighted by Crippen LogP contribution is 2.25. The van der Waals surface area contributed by atoms with Gasteiger partial charge in [-0.3, -0.25) is 4.90 Å². The molecule has 0 radical (unpaired) electrons. The Bertz CT molecular complexity index is 1010. The predicted molar refractivity (Wildman–Crippen MR) is 115 cm³/mol. The lowest BCUT2D eigenvalue weighted by atomic mass is 10.1. The molecule has 0 unspecified atom stereocenters. The molecule has 0 aliphatic carbocycles. The van der Waals surface area contributed by atoms with E-state index in [0.717, 1.165) is 68.0 Å². The molecule has 4 rings (SSSR count). The monoisotopic (exact) mass is 409 g/mol. The van der Waals surface area contributed by atoms with Gasteiger partial charge in [-0.05, 0) is 43.1 Å². The summed E-state index contributed by atoms with van der Waals surface area (Å²) in [5.41, 5.74) is 2.87. The van der Waals surface area contributed by atoms with Crippen molar-refractivity contribution in [3.8, 4) is 5.75 Å². The van der Waals surface area contributed by atoms with E-state index in [1.165, 1.54) is 12.7 Å². The molecule has 1 aromatic carbocycles. The summed E-state index contributed by atoms with van der Waals surface area (Å²) < 4.78 is 10.2. The van der Waals surface area contributed by atoms with Crippen molar-refractivity contribution in [1.29, 1.82) is 0 Å². The molecule has 1 aliphatic heterocycles. The number of aromatic amines is 1. The first-order valence-electron chi connectivity index (χ1n) is 10.2. The molecule has 0 spiro atoms. The van der Waals surface area contributed by atoms with Crippen LogP contribution in [-0.2, 0) is 11.2 Å². The van der Waals surface area contributed by atoms with Crippen LogP contribution in [0.4, 0.5) is 5.82 Å². The number of fused-ring (bicyclic) bond motifs is 1. The van der Waals surface area contributed by atoms with Crippen LogP contribution in [0.3, 0.4) is 0 Å². The lowest BCUT2D eigenvalue weighted by Crippen LogP contribution is -2.47. The summed E-state index contributed by atoms with van der Waals surface area (Å²) in [6.45, 7) is 4.87. The van der Waals surface area contributed by atoms with Gasteiger partial charge in [-0.25, -0.2) is 14.8 Å². The molecule has 8 heteroatoms. The quantitative estimate of drug-likeness (QED) is 0.600. The van der Waals surface area contributed by atoms with E-state index in [0.29, 0.717) is 5.56 Å². The van der Waals surface area contributed by atoms with Crippen LogP contribution in [0.25, 0.3) is 10.9 Å². The summed E-state index contributed by atoms with van der Waals surface area (Å²) >= 11 is 0. The highest BCUT2D eigenvalue weighted by atomic mass is 16.5. The lowest BCUT2D eigenvalue weighted by Gasteiger charge is -2.35. The minimum absolute atomic E-state index is 0.303. The maximum absolute atomic E-state index is 11.8. The van der Waals surface area contributed by atoms with Crippen molar-refractivity contribution in [3.63, 3.8) is 0 Å². The highest BCUT2D eigenvalue weighted by molar-refractivity contribution is 5.95. The number of ether oxygens (including phenoxy) is 2. The SMILES string of the molecule is COC(=O)c1ccc2[nH]cc(CCCN3CCN(c4ncncc4OC)CC3)c2c1. The van der Waals surface area contributed by atoms with Crippen molar-refractivity contribution in [1.82, 2.24) is 19.9 Å². The molecule has 1 saturated heterocycles. The van der Waals surface area contributed by atoms with Crippen molar-refractivity contribution < 1.29 is 14.3 Å². The van der Waals surface area contributed by atoms with Crippen molar-refractivity contribution in [3.05, 3.63) is 48.0 Å². The number of methoxy groups -OCH3 is 2. The molecular formula is C22H27N5O3. The topological polar surface area (TPSA) is 83.6 Å². The largest absolute Gasteiger partial charge is 0.491 e. The number of rotatable bonds is 7. The fourth-order valence-electron chi connectivity index (χ4n) is 4.00. The summed E-state index contributed by atoms with van der Waals surface area (Å²) in [6.07, 6.45) is 7.35. The van der Waals surface area contributed by atoms with Gasteiger partial charge in [-0.1, -0.05) is 0 Å². The second kappa shape index (κ2) is 9.13. The zero-order chi connectivity index (χ0) is 20.9. The van der Waals surface area contributed by atoms with Crippen LogP contribution in [0.1, 0.15) is 22.3 Å². The molecule has 0 amide bonds. The first-order valence-corrected chi connectivity index (χ1v) is 10.2. The van der Waals surface area contributed by atoms with Gasteiger partial charge in [0.2, 0.25) is 0 Å². The number of esters is 1. The minimum Gasteiger partial charge on any atom is -0.491 e. The zero-order valence-corrected chi connectivity index (χ0v) is 17.4. The Morgan fingerprint density at radius 1 is 1.20 bits per heavy atom. The molecule has 2 aromatic heterocycles.